The summed E-state index contributed by atoms with van der Waals surface area (Å²) in [5.41, 5.74) is 5.52. The lowest BCUT2D eigenvalue weighted by atomic mass is 10.1. The zero-order valence-electron chi connectivity index (χ0n) is 18.0. The number of hydrogen-bond acceptors (Lipinski definition) is 7. The molecule has 0 aliphatic carbocycles. The van der Waals surface area contributed by atoms with Gasteiger partial charge in [0.25, 0.3) is 11.5 Å². The van der Waals surface area contributed by atoms with Gasteiger partial charge in [0, 0.05) is 20.2 Å². The van der Waals surface area contributed by atoms with Crippen LogP contribution < -0.4 is 21.9 Å². The SMILES string of the molecule is CCCCn1c(N)c(N(CCOC)C(=O)COC(=O)c2ccccc2C)c(=O)[nH]c1=O. The molecule has 1 amide bonds. The molecule has 0 aliphatic rings. The van der Waals surface area contributed by atoms with Crippen LogP contribution in [0.5, 0.6) is 0 Å². The molecule has 1 aromatic carbocycles. The Labute approximate surface area is 179 Å². The fraction of sp³-hybridized carbons (Fsp3) is 0.429. The number of nitrogens with two attached hydrogens (primary N) is 1. The molecule has 2 rings (SSSR count). The maximum Gasteiger partial charge on any atom is 0.338 e. The molecule has 0 saturated heterocycles. The Morgan fingerprint density at radius 3 is 2.58 bits per heavy atom. The number of aromatic nitrogens is 2. The standard InChI is InChI=1S/C21H28N4O6/c1-4-5-10-25-18(22)17(19(27)23-21(25)29)24(11-12-30-3)16(26)13-31-20(28)15-9-7-6-8-14(15)2/h6-9H,4-5,10-13,22H2,1-3H3,(H,23,27,29). The number of nitrogen functional groups attached to an aromatic ring is 1. The van der Waals surface area contributed by atoms with Crippen molar-refractivity contribution in [1.82, 2.24) is 9.55 Å². The van der Waals surface area contributed by atoms with Crippen molar-refractivity contribution in [3.63, 3.8) is 0 Å². The number of nitrogens with zero attached hydrogens (tertiary/aromatic N) is 2. The third-order valence-electron chi connectivity index (χ3n) is 4.73. The number of aromatic amines is 1. The maximum atomic E-state index is 12.9. The predicted molar refractivity (Wildman–Crippen MR) is 116 cm³/mol. The lowest BCUT2D eigenvalue weighted by Gasteiger charge is -2.24. The van der Waals surface area contributed by atoms with E-state index in [0.29, 0.717) is 24.1 Å². The predicted octanol–water partition coefficient (Wildman–Crippen LogP) is 1.06. The molecule has 1 aromatic heterocycles. The van der Waals surface area contributed by atoms with E-state index < -0.39 is 29.7 Å². The van der Waals surface area contributed by atoms with Crippen LogP contribution in [0.25, 0.3) is 0 Å². The number of ether oxygens (including phenoxy) is 2. The number of carbonyl (C=O) groups excluding carboxylic acids is 2. The van der Waals surface area contributed by atoms with Gasteiger partial charge in [0.05, 0.1) is 12.2 Å². The number of amides is 1. The molecule has 0 fully saturated rings. The first-order valence-electron chi connectivity index (χ1n) is 9.96. The molecular weight excluding hydrogens is 404 g/mol. The highest BCUT2D eigenvalue weighted by atomic mass is 16.5. The van der Waals surface area contributed by atoms with E-state index in [0.717, 1.165) is 11.3 Å². The third-order valence-corrected chi connectivity index (χ3v) is 4.73. The largest absolute Gasteiger partial charge is 0.452 e. The second-order valence-corrected chi connectivity index (χ2v) is 6.93. The number of anilines is 2. The minimum Gasteiger partial charge on any atom is -0.452 e. The third kappa shape index (κ3) is 5.82. The van der Waals surface area contributed by atoms with Crippen molar-refractivity contribution in [2.45, 2.75) is 33.2 Å². The normalized spacial score (nSPS) is 10.7. The van der Waals surface area contributed by atoms with Gasteiger partial charge < -0.3 is 15.2 Å². The van der Waals surface area contributed by atoms with E-state index in [-0.39, 0.29) is 24.7 Å². The number of unbranched alkanes of at least 4 members (excludes halogenated alkanes) is 1. The topological polar surface area (TPSA) is 137 Å². The Morgan fingerprint density at radius 2 is 1.94 bits per heavy atom. The van der Waals surface area contributed by atoms with Gasteiger partial charge in [0.2, 0.25) is 0 Å². The number of benzene rings is 1. The molecule has 168 valence electrons. The molecule has 0 bridgehead atoms. The number of aryl methyl sites for hydroxylation is 1. The Bertz CT molecular complexity index is 1040. The Hall–Kier alpha value is -3.40. The van der Waals surface area contributed by atoms with Crippen LogP contribution in [-0.4, -0.2) is 48.3 Å². The van der Waals surface area contributed by atoms with Crippen LogP contribution >= 0.6 is 0 Å². The van der Waals surface area contributed by atoms with E-state index in [1.54, 1.807) is 31.2 Å². The van der Waals surface area contributed by atoms with E-state index >= 15 is 0 Å². The summed E-state index contributed by atoms with van der Waals surface area (Å²) in [5, 5.41) is 0. The van der Waals surface area contributed by atoms with Crippen molar-refractivity contribution < 1.29 is 19.1 Å². The molecule has 10 nitrogen and oxygen atoms in total. The van der Waals surface area contributed by atoms with Crippen LogP contribution in [0.3, 0.4) is 0 Å². The van der Waals surface area contributed by atoms with Crippen molar-refractivity contribution >= 4 is 23.4 Å². The monoisotopic (exact) mass is 432 g/mol. The van der Waals surface area contributed by atoms with Gasteiger partial charge in [-0.05, 0) is 25.0 Å². The lowest BCUT2D eigenvalue weighted by molar-refractivity contribution is -0.121. The van der Waals surface area contributed by atoms with Crippen molar-refractivity contribution in [2.24, 2.45) is 0 Å². The van der Waals surface area contributed by atoms with Crippen molar-refractivity contribution in [1.29, 1.82) is 0 Å². The second-order valence-electron chi connectivity index (χ2n) is 6.93. The van der Waals surface area contributed by atoms with Gasteiger partial charge in [-0.15, -0.1) is 0 Å². The smallest absolute Gasteiger partial charge is 0.338 e. The van der Waals surface area contributed by atoms with Gasteiger partial charge in [0.15, 0.2) is 12.3 Å². The van der Waals surface area contributed by atoms with Crippen LogP contribution in [-0.2, 0) is 20.8 Å². The van der Waals surface area contributed by atoms with Gasteiger partial charge in [-0.1, -0.05) is 31.5 Å². The van der Waals surface area contributed by atoms with Gasteiger partial charge >= 0.3 is 11.7 Å². The van der Waals surface area contributed by atoms with E-state index in [1.165, 1.54) is 11.7 Å². The number of nitrogens with one attached hydrogen (secondary N) is 1. The van der Waals surface area contributed by atoms with E-state index in [9.17, 15) is 19.2 Å². The van der Waals surface area contributed by atoms with Gasteiger partial charge in [-0.25, -0.2) is 9.59 Å². The lowest BCUT2D eigenvalue weighted by Crippen LogP contribution is -2.44. The summed E-state index contributed by atoms with van der Waals surface area (Å²) in [6.07, 6.45) is 1.47. The van der Waals surface area contributed by atoms with E-state index in [2.05, 4.69) is 4.98 Å². The Kier molecular flexibility index (Phi) is 8.56. The Balaban J connectivity index is 2.32. The molecule has 1 heterocycles. The van der Waals surface area contributed by atoms with Crippen molar-refractivity contribution in [3.8, 4) is 0 Å². The molecule has 0 radical (unpaired) electrons. The summed E-state index contributed by atoms with van der Waals surface area (Å²) in [5.74, 6) is -1.46. The summed E-state index contributed by atoms with van der Waals surface area (Å²) in [6.45, 7) is 3.47. The quantitative estimate of drug-likeness (QED) is 0.536. The van der Waals surface area contributed by atoms with Gasteiger partial charge in [0.1, 0.15) is 5.82 Å². The highest BCUT2D eigenvalue weighted by Crippen LogP contribution is 2.18. The van der Waals surface area contributed by atoms with Crippen LogP contribution in [0.2, 0.25) is 0 Å². The number of carbonyl (C=O) groups is 2. The van der Waals surface area contributed by atoms with Crippen LogP contribution in [0.1, 0.15) is 35.7 Å². The molecule has 2 aromatic rings. The summed E-state index contributed by atoms with van der Waals surface area (Å²) >= 11 is 0. The minimum atomic E-state index is -0.801. The number of rotatable bonds is 10. The number of hydrogen-bond donors (Lipinski definition) is 2. The summed E-state index contributed by atoms with van der Waals surface area (Å²) in [6, 6.07) is 6.82. The molecular formula is C21H28N4O6. The number of methoxy groups -OCH3 is 1. The highest BCUT2D eigenvalue weighted by molar-refractivity contribution is 5.98. The number of esters is 1. The minimum absolute atomic E-state index is 0.0174. The molecule has 3 N–H and O–H groups in total. The first-order valence-corrected chi connectivity index (χ1v) is 9.96. The molecule has 31 heavy (non-hydrogen) atoms. The fourth-order valence-corrected chi connectivity index (χ4v) is 3.01. The van der Waals surface area contributed by atoms with E-state index in [1.807, 2.05) is 6.92 Å². The van der Waals surface area contributed by atoms with E-state index in [4.69, 9.17) is 15.2 Å². The summed E-state index contributed by atoms with van der Waals surface area (Å²) in [4.78, 5) is 53.2. The average Bonchev–Trinajstić information content (AvgIpc) is 2.74. The summed E-state index contributed by atoms with van der Waals surface area (Å²) in [7, 11) is 1.44. The fourth-order valence-electron chi connectivity index (χ4n) is 3.01. The highest BCUT2D eigenvalue weighted by Gasteiger charge is 2.25. The zero-order chi connectivity index (χ0) is 23.0. The van der Waals surface area contributed by atoms with Crippen LogP contribution in [0.15, 0.2) is 33.9 Å². The van der Waals surface area contributed by atoms with Gasteiger partial charge in [-0.2, -0.15) is 0 Å². The van der Waals surface area contributed by atoms with Crippen molar-refractivity contribution in [2.75, 3.05) is 37.5 Å². The van der Waals surface area contributed by atoms with Crippen LogP contribution in [0, 0.1) is 6.92 Å². The first kappa shape index (κ1) is 23.9. The average molecular weight is 432 g/mol. The van der Waals surface area contributed by atoms with Crippen LogP contribution in [0.4, 0.5) is 11.5 Å². The zero-order valence-corrected chi connectivity index (χ0v) is 18.0. The Morgan fingerprint density at radius 1 is 1.23 bits per heavy atom. The molecule has 0 unspecified atom stereocenters. The molecule has 0 atom stereocenters. The van der Waals surface area contributed by atoms with Gasteiger partial charge in [-0.3, -0.25) is 24.0 Å². The molecule has 0 saturated carbocycles. The molecule has 10 heteroatoms. The summed E-state index contributed by atoms with van der Waals surface area (Å²) < 4.78 is 11.4. The number of H-pyrrole nitrogens is 1. The maximum absolute atomic E-state index is 12.9. The van der Waals surface area contributed by atoms with Crippen molar-refractivity contribution in [3.05, 3.63) is 56.2 Å². The molecule has 0 aliphatic heterocycles. The molecule has 0 spiro atoms. The first-order chi connectivity index (χ1) is 14.8. The second kappa shape index (κ2) is 11.1.